The molecule has 0 radical (unpaired) electrons. The third-order valence-electron chi connectivity index (χ3n) is 6.46. The first kappa shape index (κ1) is 20.7. The highest BCUT2D eigenvalue weighted by Gasteiger charge is 2.25. The van der Waals surface area contributed by atoms with Gasteiger partial charge in [-0.05, 0) is 49.5 Å². The van der Waals surface area contributed by atoms with Crippen LogP contribution in [0.2, 0.25) is 0 Å². The number of aromatic nitrogens is 3. The van der Waals surface area contributed by atoms with Crippen molar-refractivity contribution in [2.75, 3.05) is 26.2 Å². The zero-order chi connectivity index (χ0) is 22.2. The molecule has 166 valence electrons. The molecule has 0 aromatic carbocycles. The molecule has 32 heavy (non-hydrogen) atoms. The Bertz CT molecular complexity index is 1180. The van der Waals surface area contributed by atoms with E-state index in [1.807, 2.05) is 23.8 Å². The molecule has 0 saturated carbocycles. The molecule has 1 N–H and O–H groups in total. The zero-order valence-corrected chi connectivity index (χ0v) is 19.0. The predicted octanol–water partition coefficient (Wildman–Crippen LogP) is 3.05. The van der Waals surface area contributed by atoms with E-state index in [1.165, 1.54) is 0 Å². The summed E-state index contributed by atoms with van der Waals surface area (Å²) in [4.78, 5) is 22.2. The molecule has 7 heteroatoms. The molecule has 0 aliphatic carbocycles. The third kappa shape index (κ3) is 3.77. The van der Waals surface area contributed by atoms with E-state index in [9.17, 15) is 4.79 Å². The third-order valence-corrected chi connectivity index (χ3v) is 6.46. The van der Waals surface area contributed by atoms with Gasteiger partial charge in [-0.1, -0.05) is 19.9 Å². The first-order valence-electron chi connectivity index (χ1n) is 11.5. The fourth-order valence-electron chi connectivity index (χ4n) is 4.65. The Morgan fingerprint density at radius 3 is 2.75 bits per heavy atom. The SMILES string of the molecule is CCc1nc(C)cn2nc(C3=CC(=O)N4C=C(N5CCNCC5)C=CC4=CCC3C)cc12. The Morgan fingerprint density at radius 1 is 1.19 bits per heavy atom. The lowest BCUT2D eigenvalue weighted by Crippen LogP contribution is -2.43. The van der Waals surface area contributed by atoms with Gasteiger partial charge in [-0.25, -0.2) is 4.52 Å². The highest BCUT2D eigenvalue weighted by Crippen LogP contribution is 2.32. The van der Waals surface area contributed by atoms with Crippen molar-refractivity contribution in [3.8, 4) is 0 Å². The van der Waals surface area contributed by atoms with Gasteiger partial charge in [0.15, 0.2) is 0 Å². The van der Waals surface area contributed by atoms with Crippen LogP contribution in [-0.4, -0.2) is 56.5 Å². The minimum Gasteiger partial charge on any atom is -0.368 e. The number of rotatable bonds is 3. The zero-order valence-electron chi connectivity index (χ0n) is 19.0. The van der Waals surface area contributed by atoms with Gasteiger partial charge in [0.05, 0.1) is 34.5 Å². The average molecular weight is 431 g/mol. The second-order valence-electron chi connectivity index (χ2n) is 8.74. The van der Waals surface area contributed by atoms with Crippen molar-refractivity contribution in [1.29, 1.82) is 0 Å². The van der Waals surface area contributed by atoms with Gasteiger partial charge in [0.1, 0.15) is 0 Å². The fourth-order valence-corrected chi connectivity index (χ4v) is 4.65. The van der Waals surface area contributed by atoms with E-state index >= 15 is 0 Å². The molecule has 7 nitrogen and oxygen atoms in total. The Morgan fingerprint density at radius 2 is 1.97 bits per heavy atom. The lowest BCUT2D eigenvalue weighted by atomic mass is 9.92. The number of nitrogens with one attached hydrogen (secondary N) is 1. The van der Waals surface area contributed by atoms with E-state index in [0.717, 1.165) is 78.6 Å². The molecule has 2 aromatic heterocycles. The standard InChI is InChI=1S/C25H30N6O/c1-4-22-24-14-23(28-31(24)15-18(3)27-22)21-13-25(32)30-16-20(29-11-9-26-10-12-29)8-7-19(30)6-5-17(21)2/h6-8,13-17,26H,4-5,9-12H2,1-3H3. The second-order valence-corrected chi connectivity index (χ2v) is 8.74. The molecule has 2 aromatic rings. The fraction of sp³-hybridized carbons (Fsp3) is 0.400. The van der Waals surface area contributed by atoms with E-state index in [4.69, 9.17) is 5.10 Å². The minimum atomic E-state index is -0.0307. The van der Waals surface area contributed by atoms with Crippen molar-refractivity contribution in [1.82, 2.24) is 29.7 Å². The van der Waals surface area contributed by atoms with E-state index in [0.29, 0.717) is 0 Å². The molecule has 1 atom stereocenters. The number of carbonyl (C=O) groups is 1. The van der Waals surface area contributed by atoms with Gasteiger partial charge in [0.25, 0.3) is 5.91 Å². The molecule has 5 rings (SSSR count). The van der Waals surface area contributed by atoms with Crippen LogP contribution in [0, 0.1) is 12.8 Å². The van der Waals surface area contributed by atoms with Gasteiger partial charge in [-0.3, -0.25) is 14.7 Å². The molecular formula is C25H30N6O. The quantitative estimate of drug-likeness (QED) is 0.811. The highest BCUT2D eigenvalue weighted by molar-refractivity contribution is 5.98. The van der Waals surface area contributed by atoms with Gasteiger partial charge >= 0.3 is 0 Å². The van der Waals surface area contributed by atoms with Crippen molar-refractivity contribution in [2.24, 2.45) is 5.92 Å². The molecule has 1 fully saturated rings. The molecular weight excluding hydrogens is 400 g/mol. The topological polar surface area (TPSA) is 65.8 Å². The van der Waals surface area contributed by atoms with Gasteiger partial charge < -0.3 is 10.2 Å². The number of allylic oxidation sites excluding steroid dienone is 4. The monoisotopic (exact) mass is 430 g/mol. The molecule has 1 unspecified atom stereocenters. The lowest BCUT2D eigenvalue weighted by Gasteiger charge is -2.34. The summed E-state index contributed by atoms with van der Waals surface area (Å²) in [6, 6.07) is 2.07. The number of hydrogen-bond acceptors (Lipinski definition) is 5. The van der Waals surface area contributed by atoms with Crippen molar-refractivity contribution in [3.63, 3.8) is 0 Å². The summed E-state index contributed by atoms with van der Waals surface area (Å²) in [7, 11) is 0. The van der Waals surface area contributed by atoms with Gasteiger partial charge in [-0.2, -0.15) is 5.10 Å². The summed E-state index contributed by atoms with van der Waals surface area (Å²) in [5.74, 6) is 0.154. The summed E-state index contributed by atoms with van der Waals surface area (Å²) in [5, 5.41) is 8.21. The highest BCUT2D eigenvalue weighted by atomic mass is 16.2. The largest absolute Gasteiger partial charge is 0.368 e. The van der Waals surface area contributed by atoms with E-state index in [2.05, 4.69) is 53.3 Å². The normalized spacial score (nSPS) is 21.7. The Balaban J connectivity index is 1.51. The number of nitrogens with zero attached hydrogens (tertiary/aromatic N) is 5. The molecule has 0 spiro atoms. The van der Waals surface area contributed by atoms with E-state index in [1.54, 1.807) is 11.0 Å². The summed E-state index contributed by atoms with van der Waals surface area (Å²) in [6.07, 6.45) is 13.7. The Kier molecular flexibility index (Phi) is 5.43. The first-order chi connectivity index (χ1) is 15.5. The smallest absolute Gasteiger partial charge is 0.255 e. The van der Waals surface area contributed by atoms with Crippen LogP contribution in [0.3, 0.4) is 0 Å². The molecule has 3 aliphatic heterocycles. The predicted molar refractivity (Wildman–Crippen MR) is 125 cm³/mol. The summed E-state index contributed by atoms with van der Waals surface area (Å²) in [5.41, 5.74) is 6.83. The van der Waals surface area contributed by atoms with Gasteiger partial charge in [-0.15, -0.1) is 0 Å². The van der Waals surface area contributed by atoms with Crippen LogP contribution in [0.4, 0.5) is 0 Å². The first-order valence-corrected chi connectivity index (χ1v) is 11.5. The number of hydrogen-bond donors (Lipinski definition) is 1. The van der Waals surface area contributed by atoms with Crippen molar-refractivity contribution in [3.05, 3.63) is 71.2 Å². The van der Waals surface area contributed by atoms with Crippen molar-refractivity contribution in [2.45, 2.75) is 33.6 Å². The molecule has 5 heterocycles. The van der Waals surface area contributed by atoms with Crippen molar-refractivity contribution < 1.29 is 4.79 Å². The lowest BCUT2D eigenvalue weighted by molar-refractivity contribution is -0.122. The average Bonchev–Trinajstić information content (AvgIpc) is 3.23. The van der Waals surface area contributed by atoms with Crippen LogP contribution < -0.4 is 5.32 Å². The maximum atomic E-state index is 13.4. The van der Waals surface area contributed by atoms with Crippen LogP contribution in [0.15, 0.2) is 54.2 Å². The number of piperazine rings is 1. The molecule has 1 saturated heterocycles. The number of aryl methyl sites for hydroxylation is 2. The minimum absolute atomic E-state index is 0.0307. The molecule has 1 amide bonds. The Labute approximate surface area is 188 Å². The maximum absolute atomic E-state index is 13.4. The number of carbonyl (C=O) groups excluding carboxylic acids is 1. The Hall–Kier alpha value is -3.19. The molecule has 0 bridgehead atoms. The molecule has 3 aliphatic rings. The van der Waals surface area contributed by atoms with E-state index in [-0.39, 0.29) is 11.8 Å². The van der Waals surface area contributed by atoms with Gasteiger partial charge in [0, 0.05) is 44.2 Å². The van der Waals surface area contributed by atoms with Crippen LogP contribution in [-0.2, 0) is 11.2 Å². The van der Waals surface area contributed by atoms with Crippen molar-refractivity contribution >= 4 is 17.0 Å². The van der Waals surface area contributed by atoms with Crippen LogP contribution >= 0.6 is 0 Å². The second kappa shape index (κ2) is 8.39. The van der Waals surface area contributed by atoms with Crippen LogP contribution in [0.25, 0.3) is 11.1 Å². The maximum Gasteiger partial charge on any atom is 0.255 e. The number of amides is 1. The van der Waals surface area contributed by atoms with Crippen LogP contribution in [0.1, 0.15) is 37.4 Å². The number of fused-ring (bicyclic) bond motifs is 2. The van der Waals surface area contributed by atoms with E-state index < -0.39 is 0 Å². The summed E-state index contributed by atoms with van der Waals surface area (Å²) >= 11 is 0. The van der Waals surface area contributed by atoms with Crippen LogP contribution in [0.5, 0.6) is 0 Å². The summed E-state index contributed by atoms with van der Waals surface area (Å²) in [6.45, 7) is 10.1. The summed E-state index contributed by atoms with van der Waals surface area (Å²) < 4.78 is 1.90. The van der Waals surface area contributed by atoms with Gasteiger partial charge in [0.2, 0.25) is 0 Å².